The molecule has 4 N–H and O–H groups in total. The van der Waals surface area contributed by atoms with E-state index in [-0.39, 0.29) is 12.8 Å². The number of carbonyl (C=O) groups is 1. The highest BCUT2D eigenvalue weighted by molar-refractivity contribution is 5.95. The Bertz CT molecular complexity index is 530. The number of nitrogens with two attached hydrogens (primary N) is 1. The number of nitrogen functional groups attached to an aromatic ring is 1. The van der Waals surface area contributed by atoms with Crippen molar-refractivity contribution in [2.75, 3.05) is 5.43 Å². The first-order valence-electron chi connectivity index (χ1n) is 5.55. The Morgan fingerprint density at radius 3 is 2.05 bits per heavy atom. The predicted molar refractivity (Wildman–Crippen MR) is 59.7 cm³/mol. The Morgan fingerprint density at radius 2 is 1.70 bits per heavy atom. The number of anilines is 1. The van der Waals surface area contributed by atoms with E-state index < -0.39 is 40.5 Å². The van der Waals surface area contributed by atoms with Gasteiger partial charge in [0.25, 0.3) is 5.91 Å². The maximum absolute atomic E-state index is 13.4. The van der Waals surface area contributed by atoms with Crippen LogP contribution in [0.15, 0.2) is 12.1 Å². The number of hydrazine groups is 1. The molecule has 0 spiro atoms. The van der Waals surface area contributed by atoms with E-state index in [1.54, 1.807) is 10.7 Å². The maximum atomic E-state index is 13.4. The zero-order valence-electron chi connectivity index (χ0n) is 9.94. The molecule has 20 heavy (non-hydrogen) atoms. The molecule has 9 heteroatoms. The minimum Gasteiger partial charge on any atom is -0.338 e. The van der Waals surface area contributed by atoms with E-state index in [1.165, 1.54) is 0 Å². The van der Waals surface area contributed by atoms with Crippen LogP contribution < -0.4 is 16.6 Å². The quantitative estimate of drug-likeness (QED) is 0.454. The Morgan fingerprint density at radius 1 is 1.20 bits per heavy atom. The molecule has 1 saturated carbocycles. The molecule has 4 nitrogen and oxygen atoms in total. The second kappa shape index (κ2) is 4.58. The lowest BCUT2D eigenvalue weighted by molar-refractivity contribution is -0.163. The van der Waals surface area contributed by atoms with Gasteiger partial charge in [-0.1, -0.05) is 0 Å². The number of benzene rings is 1. The summed E-state index contributed by atoms with van der Waals surface area (Å²) >= 11 is 0. The van der Waals surface area contributed by atoms with Gasteiger partial charge in [-0.3, -0.25) is 10.6 Å². The van der Waals surface area contributed by atoms with Gasteiger partial charge in [0, 0.05) is 5.56 Å². The molecule has 1 fully saturated rings. The molecule has 110 valence electrons. The van der Waals surface area contributed by atoms with Crippen molar-refractivity contribution in [2.24, 2.45) is 5.84 Å². The first kappa shape index (κ1) is 14.5. The van der Waals surface area contributed by atoms with E-state index in [4.69, 9.17) is 5.84 Å². The summed E-state index contributed by atoms with van der Waals surface area (Å²) in [5.74, 6) is 1.33. The third-order valence-electron chi connectivity index (χ3n) is 3.09. The van der Waals surface area contributed by atoms with Crippen molar-refractivity contribution in [2.45, 2.75) is 24.6 Å². The van der Waals surface area contributed by atoms with Crippen LogP contribution in [0, 0.1) is 11.6 Å². The number of amides is 1. The third kappa shape index (κ3) is 2.40. The lowest BCUT2D eigenvalue weighted by atomic mass is 10.1. The van der Waals surface area contributed by atoms with Gasteiger partial charge in [-0.25, -0.2) is 8.78 Å². The highest BCUT2D eigenvalue weighted by atomic mass is 19.4. The van der Waals surface area contributed by atoms with E-state index in [0.717, 1.165) is 0 Å². The van der Waals surface area contributed by atoms with E-state index in [9.17, 15) is 26.7 Å². The number of hydrogen-bond acceptors (Lipinski definition) is 3. The van der Waals surface area contributed by atoms with Gasteiger partial charge in [0.15, 0.2) is 11.6 Å². The van der Waals surface area contributed by atoms with Gasteiger partial charge in [-0.2, -0.15) is 13.2 Å². The number of nitrogens with one attached hydrogen (secondary N) is 2. The molecule has 0 unspecified atom stereocenters. The van der Waals surface area contributed by atoms with Crippen LogP contribution >= 0.6 is 0 Å². The van der Waals surface area contributed by atoms with Gasteiger partial charge in [-0.05, 0) is 25.0 Å². The summed E-state index contributed by atoms with van der Waals surface area (Å²) < 4.78 is 64.7. The smallest absolute Gasteiger partial charge is 0.338 e. The first-order chi connectivity index (χ1) is 9.20. The fraction of sp³-hybridized carbons (Fsp3) is 0.364. The highest BCUT2D eigenvalue weighted by Crippen LogP contribution is 2.49. The molecule has 0 radical (unpaired) electrons. The summed E-state index contributed by atoms with van der Waals surface area (Å²) in [6.07, 6.45) is -5.11. The topological polar surface area (TPSA) is 67.1 Å². The molecule has 0 aliphatic heterocycles. The molecular weight excluding hydrogens is 285 g/mol. The van der Waals surface area contributed by atoms with E-state index in [0.29, 0.717) is 12.1 Å². The van der Waals surface area contributed by atoms with E-state index >= 15 is 0 Å². The van der Waals surface area contributed by atoms with Gasteiger partial charge in [0.05, 0.1) is 0 Å². The van der Waals surface area contributed by atoms with Crippen LogP contribution in [0.3, 0.4) is 0 Å². The number of carbonyl (C=O) groups excluding carboxylic acids is 1. The number of halogens is 5. The van der Waals surface area contributed by atoms with Crippen molar-refractivity contribution in [1.29, 1.82) is 0 Å². The standard InChI is InChI=1S/C11H10F5N3O/c12-6-3-5(4-7(13)8(6)19-17)9(20)18-10(1-2-10)11(14,15)16/h3-4,19H,1-2,17H2,(H,18,20). The normalized spacial score (nSPS) is 16.7. The van der Waals surface area contributed by atoms with Crippen LogP contribution in [0.4, 0.5) is 27.6 Å². The lowest BCUT2D eigenvalue weighted by Gasteiger charge is -2.20. The van der Waals surface area contributed by atoms with Crippen LogP contribution in [-0.4, -0.2) is 17.6 Å². The van der Waals surface area contributed by atoms with Crippen LogP contribution in [0.2, 0.25) is 0 Å². The number of rotatable bonds is 3. The Balaban J connectivity index is 2.23. The monoisotopic (exact) mass is 295 g/mol. The van der Waals surface area contributed by atoms with E-state index in [2.05, 4.69) is 0 Å². The molecule has 0 saturated heterocycles. The average molecular weight is 295 g/mol. The SMILES string of the molecule is NNc1c(F)cc(C(=O)NC2(C(F)(F)F)CC2)cc1F. The second-order valence-electron chi connectivity index (χ2n) is 4.49. The minimum atomic E-state index is -4.60. The summed E-state index contributed by atoms with van der Waals surface area (Å²) in [7, 11) is 0. The summed E-state index contributed by atoms with van der Waals surface area (Å²) in [6, 6.07) is 1.22. The first-order valence-corrected chi connectivity index (χ1v) is 5.55. The van der Waals surface area contributed by atoms with Crippen molar-refractivity contribution in [3.05, 3.63) is 29.3 Å². The second-order valence-corrected chi connectivity index (χ2v) is 4.49. The van der Waals surface area contributed by atoms with Crippen molar-refractivity contribution < 1.29 is 26.7 Å². The summed E-state index contributed by atoms with van der Waals surface area (Å²) in [4.78, 5) is 11.7. The fourth-order valence-electron chi connectivity index (χ4n) is 1.74. The minimum absolute atomic E-state index is 0.254. The van der Waals surface area contributed by atoms with E-state index in [1.807, 2.05) is 0 Å². The molecular formula is C11H10F5N3O. The molecule has 0 aromatic heterocycles. The average Bonchev–Trinajstić information content (AvgIpc) is 3.08. The van der Waals surface area contributed by atoms with Crippen molar-refractivity contribution >= 4 is 11.6 Å². The maximum Gasteiger partial charge on any atom is 0.411 e. The molecule has 1 amide bonds. The zero-order chi connectivity index (χ0) is 15.1. The molecule has 0 heterocycles. The molecule has 1 aromatic carbocycles. The Kier molecular flexibility index (Phi) is 3.32. The van der Waals surface area contributed by atoms with Gasteiger partial charge in [-0.15, -0.1) is 0 Å². The molecule has 1 aliphatic rings. The number of alkyl halides is 3. The molecule has 0 atom stereocenters. The fourth-order valence-corrected chi connectivity index (χ4v) is 1.74. The van der Waals surface area contributed by atoms with Crippen LogP contribution in [0.5, 0.6) is 0 Å². The third-order valence-corrected chi connectivity index (χ3v) is 3.09. The lowest BCUT2D eigenvalue weighted by Crippen LogP contribution is -2.47. The summed E-state index contributed by atoms with van der Waals surface area (Å²) in [5, 5.41) is 1.77. The predicted octanol–water partition coefficient (Wildman–Crippen LogP) is 2.08. The molecule has 0 bridgehead atoms. The summed E-state index contributed by atoms with van der Waals surface area (Å²) in [5.41, 5.74) is -1.75. The van der Waals surface area contributed by atoms with Crippen molar-refractivity contribution in [1.82, 2.24) is 5.32 Å². The highest BCUT2D eigenvalue weighted by Gasteiger charge is 2.64. The van der Waals surface area contributed by atoms with Crippen molar-refractivity contribution in [3.8, 4) is 0 Å². The Labute approximate surface area is 110 Å². The number of hydrogen-bond donors (Lipinski definition) is 3. The van der Waals surface area contributed by atoms with Gasteiger partial charge < -0.3 is 10.7 Å². The summed E-state index contributed by atoms with van der Waals surface area (Å²) in [6.45, 7) is 0. The van der Waals surface area contributed by atoms with Gasteiger partial charge in [0.2, 0.25) is 0 Å². The van der Waals surface area contributed by atoms with Crippen LogP contribution in [0.1, 0.15) is 23.2 Å². The van der Waals surface area contributed by atoms with Crippen LogP contribution in [0.25, 0.3) is 0 Å². The zero-order valence-corrected chi connectivity index (χ0v) is 9.94. The Hall–Kier alpha value is -1.90. The molecule has 1 aromatic rings. The largest absolute Gasteiger partial charge is 0.411 e. The molecule has 1 aliphatic carbocycles. The van der Waals surface area contributed by atoms with Gasteiger partial charge in [0.1, 0.15) is 11.2 Å². The van der Waals surface area contributed by atoms with Crippen molar-refractivity contribution in [3.63, 3.8) is 0 Å². The van der Waals surface area contributed by atoms with Crippen LogP contribution in [-0.2, 0) is 0 Å². The van der Waals surface area contributed by atoms with Gasteiger partial charge >= 0.3 is 6.18 Å². The molecule has 2 rings (SSSR count).